The van der Waals surface area contributed by atoms with Crippen molar-refractivity contribution >= 4 is 11.8 Å². The standard InChI is InChI=1S/C17H25N7O2/c1-13-19-16(22-26-13)12-23-6-2-3-14(11-23)20-15-4-5-18-17(21-15)24-7-9-25-10-8-24/h4-5,14H,2-3,6-12H2,1H3,(H,18,20,21). The summed E-state index contributed by atoms with van der Waals surface area (Å²) in [6.45, 7) is 7.66. The molecular formula is C17H25N7O2. The van der Waals surface area contributed by atoms with E-state index in [1.165, 1.54) is 0 Å². The van der Waals surface area contributed by atoms with Crippen LogP contribution >= 0.6 is 0 Å². The van der Waals surface area contributed by atoms with E-state index in [1.807, 2.05) is 19.2 Å². The molecule has 0 spiro atoms. The first-order chi connectivity index (χ1) is 12.8. The number of rotatable bonds is 5. The number of aromatic nitrogens is 4. The van der Waals surface area contributed by atoms with Gasteiger partial charge in [-0.2, -0.15) is 9.97 Å². The van der Waals surface area contributed by atoms with E-state index in [0.29, 0.717) is 11.9 Å². The number of morpholine rings is 1. The number of hydrogen-bond donors (Lipinski definition) is 1. The number of anilines is 2. The Balaban J connectivity index is 1.35. The lowest BCUT2D eigenvalue weighted by Crippen LogP contribution is -2.42. The fourth-order valence-electron chi connectivity index (χ4n) is 3.48. The van der Waals surface area contributed by atoms with Gasteiger partial charge < -0.3 is 19.5 Å². The molecule has 140 valence electrons. The number of aryl methyl sites for hydroxylation is 1. The van der Waals surface area contributed by atoms with Gasteiger partial charge in [0.25, 0.3) is 0 Å². The molecule has 0 bridgehead atoms. The number of likely N-dealkylation sites (tertiary alicyclic amines) is 1. The maximum Gasteiger partial charge on any atom is 0.227 e. The second-order valence-electron chi connectivity index (χ2n) is 6.79. The Kier molecular flexibility index (Phi) is 5.26. The van der Waals surface area contributed by atoms with Gasteiger partial charge in [-0.3, -0.25) is 4.90 Å². The van der Waals surface area contributed by atoms with Gasteiger partial charge in [0.2, 0.25) is 11.8 Å². The summed E-state index contributed by atoms with van der Waals surface area (Å²) in [5.41, 5.74) is 0. The molecule has 0 aromatic carbocycles. The molecule has 1 atom stereocenters. The zero-order chi connectivity index (χ0) is 17.8. The fourth-order valence-corrected chi connectivity index (χ4v) is 3.48. The highest BCUT2D eigenvalue weighted by Gasteiger charge is 2.22. The molecule has 0 saturated carbocycles. The van der Waals surface area contributed by atoms with Crippen molar-refractivity contribution in [3.8, 4) is 0 Å². The van der Waals surface area contributed by atoms with E-state index in [-0.39, 0.29) is 0 Å². The summed E-state index contributed by atoms with van der Waals surface area (Å²) >= 11 is 0. The molecule has 2 aliphatic heterocycles. The first kappa shape index (κ1) is 17.2. The molecule has 1 N–H and O–H groups in total. The molecule has 0 amide bonds. The Bertz CT molecular complexity index is 717. The third kappa shape index (κ3) is 4.28. The van der Waals surface area contributed by atoms with E-state index >= 15 is 0 Å². The molecule has 9 nitrogen and oxygen atoms in total. The quantitative estimate of drug-likeness (QED) is 0.842. The lowest BCUT2D eigenvalue weighted by atomic mass is 10.1. The van der Waals surface area contributed by atoms with Crippen molar-refractivity contribution in [2.24, 2.45) is 0 Å². The van der Waals surface area contributed by atoms with Crippen LogP contribution in [0.3, 0.4) is 0 Å². The molecule has 2 aromatic rings. The molecule has 4 rings (SSSR count). The van der Waals surface area contributed by atoms with Gasteiger partial charge in [0, 0.05) is 38.8 Å². The van der Waals surface area contributed by atoms with E-state index in [4.69, 9.17) is 14.2 Å². The molecular weight excluding hydrogens is 334 g/mol. The van der Waals surface area contributed by atoms with Gasteiger partial charge in [0.1, 0.15) is 5.82 Å². The normalized spacial score (nSPS) is 21.7. The predicted molar refractivity (Wildman–Crippen MR) is 96.0 cm³/mol. The molecule has 2 aliphatic rings. The van der Waals surface area contributed by atoms with Crippen molar-refractivity contribution in [3.63, 3.8) is 0 Å². The van der Waals surface area contributed by atoms with Gasteiger partial charge in [-0.05, 0) is 25.5 Å². The van der Waals surface area contributed by atoms with Crippen LogP contribution in [0.15, 0.2) is 16.8 Å². The number of nitrogens with one attached hydrogen (secondary N) is 1. The molecule has 4 heterocycles. The van der Waals surface area contributed by atoms with E-state index in [1.54, 1.807) is 0 Å². The zero-order valence-electron chi connectivity index (χ0n) is 15.1. The highest BCUT2D eigenvalue weighted by molar-refractivity contribution is 5.42. The highest BCUT2D eigenvalue weighted by Crippen LogP contribution is 2.18. The Morgan fingerprint density at radius 2 is 2.12 bits per heavy atom. The van der Waals surface area contributed by atoms with Crippen molar-refractivity contribution in [2.75, 3.05) is 49.6 Å². The van der Waals surface area contributed by atoms with Crippen LogP contribution in [0.25, 0.3) is 0 Å². The average molecular weight is 359 g/mol. The summed E-state index contributed by atoms with van der Waals surface area (Å²) in [6, 6.07) is 2.29. The van der Waals surface area contributed by atoms with Gasteiger partial charge in [-0.25, -0.2) is 4.98 Å². The van der Waals surface area contributed by atoms with Crippen molar-refractivity contribution in [1.29, 1.82) is 0 Å². The van der Waals surface area contributed by atoms with Crippen LogP contribution in [-0.4, -0.2) is 70.4 Å². The molecule has 1 unspecified atom stereocenters. The molecule has 2 fully saturated rings. The lowest BCUT2D eigenvalue weighted by Gasteiger charge is -2.33. The predicted octanol–water partition coefficient (Wildman–Crippen LogP) is 1.08. The topological polar surface area (TPSA) is 92.4 Å². The minimum atomic E-state index is 0.351. The first-order valence-electron chi connectivity index (χ1n) is 9.20. The number of ether oxygens (including phenoxy) is 1. The summed E-state index contributed by atoms with van der Waals surface area (Å²) in [7, 11) is 0. The number of hydrogen-bond acceptors (Lipinski definition) is 9. The van der Waals surface area contributed by atoms with Crippen LogP contribution < -0.4 is 10.2 Å². The molecule has 0 aliphatic carbocycles. The fraction of sp³-hybridized carbons (Fsp3) is 0.647. The van der Waals surface area contributed by atoms with Crippen LogP contribution in [0, 0.1) is 6.92 Å². The van der Waals surface area contributed by atoms with Crippen molar-refractivity contribution in [2.45, 2.75) is 32.4 Å². The summed E-state index contributed by atoms with van der Waals surface area (Å²) in [4.78, 5) is 17.9. The monoisotopic (exact) mass is 359 g/mol. The number of piperidine rings is 1. The van der Waals surface area contributed by atoms with Crippen molar-refractivity contribution in [1.82, 2.24) is 25.0 Å². The molecule has 9 heteroatoms. The minimum Gasteiger partial charge on any atom is -0.378 e. The summed E-state index contributed by atoms with van der Waals surface area (Å²) < 4.78 is 10.5. The van der Waals surface area contributed by atoms with Crippen LogP contribution in [0.1, 0.15) is 24.6 Å². The summed E-state index contributed by atoms with van der Waals surface area (Å²) in [6.07, 6.45) is 4.08. The summed E-state index contributed by atoms with van der Waals surface area (Å²) in [5.74, 6) is 3.01. The molecule has 2 saturated heterocycles. The Morgan fingerprint density at radius 3 is 2.92 bits per heavy atom. The third-order valence-electron chi connectivity index (χ3n) is 4.73. The smallest absolute Gasteiger partial charge is 0.227 e. The zero-order valence-corrected chi connectivity index (χ0v) is 15.1. The lowest BCUT2D eigenvalue weighted by molar-refractivity contribution is 0.122. The van der Waals surface area contributed by atoms with Gasteiger partial charge in [0.05, 0.1) is 19.8 Å². The van der Waals surface area contributed by atoms with Gasteiger partial charge in [0.15, 0.2) is 5.82 Å². The Labute approximate surface area is 152 Å². The third-order valence-corrected chi connectivity index (χ3v) is 4.73. The van der Waals surface area contributed by atoms with Gasteiger partial charge in [-0.15, -0.1) is 0 Å². The maximum atomic E-state index is 5.40. The Hall–Kier alpha value is -2.26. The van der Waals surface area contributed by atoms with Crippen molar-refractivity contribution in [3.05, 3.63) is 24.0 Å². The first-order valence-corrected chi connectivity index (χ1v) is 9.20. The molecule has 0 radical (unpaired) electrons. The van der Waals surface area contributed by atoms with E-state index in [2.05, 4.69) is 30.2 Å². The average Bonchev–Trinajstić information content (AvgIpc) is 3.08. The van der Waals surface area contributed by atoms with Gasteiger partial charge >= 0.3 is 0 Å². The summed E-state index contributed by atoms with van der Waals surface area (Å²) in [5, 5.41) is 7.56. The largest absolute Gasteiger partial charge is 0.378 e. The van der Waals surface area contributed by atoms with Crippen LogP contribution in [-0.2, 0) is 11.3 Å². The van der Waals surface area contributed by atoms with E-state index in [0.717, 1.165) is 76.4 Å². The second-order valence-corrected chi connectivity index (χ2v) is 6.79. The highest BCUT2D eigenvalue weighted by atomic mass is 16.5. The van der Waals surface area contributed by atoms with Gasteiger partial charge in [-0.1, -0.05) is 5.16 Å². The van der Waals surface area contributed by atoms with Crippen LogP contribution in [0.5, 0.6) is 0 Å². The van der Waals surface area contributed by atoms with Crippen molar-refractivity contribution < 1.29 is 9.26 Å². The van der Waals surface area contributed by atoms with Crippen LogP contribution in [0.4, 0.5) is 11.8 Å². The van der Waals surface area contributed by atoms with E-state index in [9.17, 15) is 0 Å². The molecule has 2 aromatic heterocycles. The Morgan fingerprint density at radius 1 is 1.23 bits per heavy atom. The second kappa shape index (κ2) is 7.96. The SMILES string of the molecule is Cc1nc(CN2CCCC(Nc3ccnc(N4CCOCC4)n3)C2)no1. The number of nitrogens with zero attached hydrogens (tertiary/aromatic N) is 6. The van der Waals surface area contributed by atoms with E-state index < -0.39 is 0 Å². The molecule has 26 heavy (non-hydrogen) atoms. The minimum absolute atomic E-state index is 0.351. The van der Waals surface area contributed by atoms with Crippen LogP contribution in [0.2, 0.25) is 0 Å². The maximum absolute atomic E-state index is 5.40.